The van der Waals surface area contributed by atoms with Crippen molar-refractivity contribution in [2.45, 2.75) is 32.1 Å². The minimum absolute atomic E-state index is 0.620. The molecule has 8 heteroatoms. The highest BCUT2D eigenvalue weighted by Crippen LogP contribution is 2.13. The molecule has 8 nitrogen and oxygen atoms in total. The molecular formula is C9H16N6O2. The Bertz CT molecular complexity index is 328. The van der Waals surface area contributed by atoms with Crippen LogP contribution in [0.5, 0.6) is 0 Å². The van der Waals surface area contributed by atoms with E-state index in [0.717, 1.165) is 19.3 Å². The van der Waals surface area contributed by atoms with Crippen LogP contribution in [0.2, 0.25) is 0 Å². The topological polar surface area (TPSA) is 135 Å². The fourth-order valence-electron chi connectivity index (χ4n) is 1.54. The number of nitrogens with one attached hydrogen (secondary N) is 2. The summed E-state index contributed by atoms with van der Waals surface area (Å²) in [7, 11) is 0. The maximum absolute atomic E-state index is 10.6. The van der Waals surface area contributed by atoms with Gasteiger partial charge in [-0.1, -0.05) is 6.42 Å². The number of carbonyl (C=O) groups is 2. The molecule has 0 aromatic carbocycles. The zero-order chi connectivity index (χ0) is 12.7. The smallest absolute Gasteiger partial charge is 0.332 e. The van der Waals surface area contributed by atoms with Gasteiger partial charge in [0.25, 0.3) is 0 Å². The fourth-order valence-corrected chi connectivity index (χ4v) is 1.54. The molecule has 94 valence electrons. The number of primary amides is 2. The molecule has 1 saturated carbocycles. The molecule has 0 radical (unpaired) electrons. The van der Waals surface area contributed by atoms with Crippen LogP contribution in [0.3, 0.4) is 0 Å². The van der Waals surface area contributed by atoms with Gasteiger partial charge in [0.15, 0.2) is 0 Å². The SMILES string of the molecule is NC(=O)N/N=C1\CCCCC\C1=N/NC(N)=O. The van der Waals surface area contributed by atoms with Crippen molar-refractivity contribution in [1.29, 1.82) is 0 Å². The summed E-state index contributed by atoms with van der Waals surface area (Å²) >= 11 is 0. The summed E-state index contributed by atoms with van der Waals surface area (Å²) in [5, 5.41) is 7.74. The van der Waals surface area contributed by atoms with E-state index in [2.05, 4.69) is 21.1 Å². The number of carbonyl (C=O) groups excluding carboxylic acids is 2. The molecule has 1 fully saturated rings. The summed E-state index contributed by atoms with van der Waals surface area (Å²) in [6.45, 7) is 0. The number of urea groups is 2. The number of nitrogens with zero attached hydrogens (tertiary/aromatic N) is 2. The number of hydrogen-bond acceptors (Lipinski definition) is 4. The molecule has 1 rings (SSSR count). The molecule has 6 N–H and O–H groups in total. The van der Waals surface area contributed by atoms with E-state index < -0.39 is 12.1 Å². The third-order valence-corrected chi connectivity index (χ3v) is 2.26. The highest BCUT2D eigenvalue weighted by Gasteiger charge is 2.14. The van der Waals surface area contributed by atoms with E-state index in [0.29, 0.717) is 24.3 Å². The van der Waals surface area contributed by atoms with E-state index in [1.807, 2.05) is 0 Å². The fraction of sp³-hybridized carbons (Fsp3) is 0.556. The Balaban J connectivity index is 2.78. The van der Waals surface area contributed by atoms with Crippen molar-refractivity contribution < 1.29 is 9.59 Å². The lowest BCUT2D eigenvalue weighted by atomic mass is 10.1. The molecule has 0 bridgehead atoms. The van der Waals surface area contributed by atoms with Crippen molar-refractivity contribution >= 4 is 23.5 Å². The summed E-state index contributed by atoms with van der Waals surface area (Å²) < 4.78 is 0. The average Bonchev–Trinajstić information content (AvgIpc) is 2.48. The van der Waals surface area contributed by atoms with Crippen LogP contribution in [-0.2, 0) is 0 Å². The van der Waals surface area contributed by atoms with Crippen molar-refractivity contribution in [2.24, 2.45) is 21.7 Å². The minimum atomic E-state index is -0.732. The van der Waals surface area contributed by atoms with Crippen LogP contribution in [0.15, 0.2) is 10.2 Å². The van der Waals surface area contributed by atoms with Crippen LogP contribution in [0.25, 0.3) is 0 Å². The van der Waals surface area contributed by atoms with Gasteiger partial charge in [0.2, 0.25) is 0 Å². The third-order valence-electron chi connectivity index (χ3n) is 2.26. The van der Waals surface area contributed by atoms with Crippen LogP contribution in [0.4, 0.5) is 9.59 Å². The summed E-state index contributed by atoms with van der Waals surface area (Å²) in [6, 6.07) is -1.46. The second-order valence-corrected chi connectivity index (χ2v) is 3.63. The highest BCUT2D eigenvalue weighted by molar-refractivity contribution is 6.42. The third kappa shape index (κ3) is 4.96. The van der Waals surface area contributed by atoms with Crippen LogP contribution in [0.1, 0.15) is 32.1 Å². The molecule has 0 aromatic heterocycles. The monoisotopic (exact) mass is 240 g/mol. The molecule has 17 heavy (non-hydrogen) atoms. The van der Waals surface area contributed by atoms with Crippen LogP contribution in [0, 0.1) is 0 Å². The van der Waals surface area contributed by atoms with Gasteiger partial charge in [0, 0.05) is 0 Å². The maximum Gasteiger partial charge on any atom is 0.332 e. The maximum atomic E-state index is 10.6. The molecule has 0 unspecified atom stereocenters. The van der Waals surface area contributed by atoms with Gasteiger partial charge in [-0.25, -0.2) is 20.4 Å². The molecular weight excluding hydrogens is 224 g/mol. The van der Waals surface area contributed by atoms with Gasteiger partial charge in [0.05, 0.1) is 11.4 Å². The standard InChI is InChI=1S/C9H16N6O2/c10-8(16)14-12-6-4-2-1-3-5-7(6)13-15-9(11)17/h1-5H2,(H3,10,14,16)(H3,11,15,17)/b12-6+,13-7+. The van der Waals surface area contributed by atoms with Crippen molar-refractivity contribution in [3.05, 3.63) is 0 Å². The van der Waals surface area contributed by atoms with Crippen molar-refractivity contribution in [3.8, 4) is 0 Å². The zero-order valence-corrected chi connectivity index (χ0v) is 9.40. The number of nitrogens with two attached hydrogens (primary N) is 2. The average molecular weight is 240 g/mol. The Hall–Kier alpha value is -2.12. The molecule has 0 spiro atoms. The van der Waals surface area contributed by atoms with Crippen molar-refractivity contribution in [3.63, 3.8) is 0 Å². The Morgan fingerprint density at radius 2 is 1.29 bits per heavy atom. The summed E-state index contributed by atoms with van der Waals surface area (Å²) in [4.78, 5) is 21.2. The van der Waals surface area contributed by atoms with Crippen LogP contribution >= 0.6 is 0 Å². The van der Waals surface area contributed by atoms with Crippen LogP contribution < -0.4 is 22.3 Å². The number of amides is 4. The highest BCUT2D eigenvalue weighted by atomic mass is 16.2. The first kappa shape index (κ1) is 12.9. The van der Waals surface area contributed by atoms with Crippen molar-refractivity contribution in [2.75, 3.05) is 0 Å². The Kier molecular flexibility index (Phi) is 4.92. The van der Waals surface area contributed by atoms with Gasteiger partial charge in [-0.05, 0) is 25.7 Å². The van der Waals surface area contributed by atoms with E-state index in [1.165, 1.54) is 0 Å². The van der Waals surface area contributed by atoms with Gasteiger partial charge in [0.1, 0.15) is 0 Å². The van der Waals surface area contributed by atoms with Gasteiger partial charge in [-0.2, -0.15) is 10.2 Å². The molecule has 4 amide bonds. The molecule has 0 heterocycles. The molecule has 0 saturated heterocycles. The summed E-state index contributed by atoms with van der Waals surface area (Å²) in [5.41, 5.74) is 15.4. The lowest BCUT2D eigenvalue weighted by Gasteiger charge is -2.05. The molecule has 0 aliphatic heterocycles. The predicted molar refractivity (Wildman–Crippen MR) is 63.4 cm³/mol. The Morgan fingerprint density at radius 1 is 0.882 bits per heavy atom. The lowest BCUT2D eigenvalue weighted by Crippen LogP contribution is -2.30. The zero-order valence-electron chi connectivity index (χ0n) is 9.40. The Morgan fingerprint density at radius 3 is 1.65 bits per heavy atom. The number of hydrogen-bond donors (Lipinski definition) is 4. The second-order valence-electron chi connectivity index (χ2n) is 3.63. The van der Waals surface area contributed by atoms with E-state index >= 15 is 0 Å². The summed E-state index contributed by atoms with van der Waals surface area (Å²) in [5.74, 6) is 0. The van der Waals surface area contributed by atoms with E-state index in [4.69, 9.17) is 11.5 Å². The first-order valence-corrected chi connectivity index (χ1v) is 5.34. The second kappa shape index (κ2) is 6.46. The minimum Gasteiger partial charge on any atom is -0.350 e. The molecule has 0 aromatic rings. The van der Waals surface area contributed by atoms with Crippen LogP contribution in [-0.4, -0.2) is 23.5 Å². The van der Waals surface area contributed by atoms with E-state index in [9.17, 15) is 9.59 Å². The molecule has 0 atom stereocenters. The Labute approximate surface area is 98.5 Å². The van der Waals surface area contributed by atoms with Gasteiger partial charge < -0.3 is 11.5 Å². The first-order valence-electron chi connectivity index (χ1n) is 5.34. The number of hydrazone groups is 2. The lowest BCUT2D eigenvalue weighted by molar-refractivity contribution is 0.248. The molecule has 1 aliphatic rings. The van der Waals surface area contributed by atoms with Gasteiger partial charge >= 0.3 is 12.1 Å². The van der Waals surface area contributed by atoms with E-state index in [-0.39, 0.29) is 0 Å². The largest absolute Gasteiger partial charge is 0.350 e. The van der Waals surface area contributed by atoms with E-state index in [1.54, 1.807) is 0 Å². The quantitative estimate of drug-likeness (QED) is 0.399. The number of rotatable bonds is 2. The predicted octanol–water partition coefficient (Wildman–Crippen LogP) is -0.000900. The summed E-state index contributed by atoms with van der Waals surface area (Å²) in [6.07, 6.45) is 4.31. The van der Waals surface area contributed by atoms with Gasteiger partial charge in [-0.3, -0.25) is 0 Å². The normalized spacial score (nSPS) is 20.9. The first-order chi connectivity index (χ1) is 8.09. The van der Waals surface area contributed by atoms with Crippen molar-refractivity contribution in [1.82, 2.24) is 10.9 Å². The van der Waals surface area contributed by atoms with Gasteiger partial charge in [-0.15, -0.1) is 0 Å². The molecule has 1 aliphatic carbocycles.